The molecule has 1 atom stereocenters. The van der Waals surface area contributed by atoms with Crippen molar-refractivity contribution < 1.29 is 14.4 Å². The summed E-state index contributed by atoms with van der Waals surface area (Å²) in [5, 5.41) is 2.98. The van der Waals surface area contributed by atoms with Gasteiger partial charge in [-0.25, -0.2) is 0 Å². The zero-order valence-electron chi connectivity index (χ0n) is 16.4. The van der Waals surface area contributed by atoms with Crippen LogP contribution in [0.1, 0.15) is 24.1 Å². The number of hydrogen-bond donors (Lipinski definition) is 2. The van der Waals surface area contributed by atoms with Crippen LogP contribution in [-0.2, 0) is 4.79 Å². The Morgan fingerprint density at radius 1 is 0.893 bits per heavy atom. The van der Waals surface area contributed by atoms with E-state index in [0.29, 0.717) is 13.2 Å². The third kappa shape index (κ3) is 5.21. The maximum absolute atomic E-state index is 12.6. The minimum Gasteiger partial charge on any atom is -0.494 e. The number of ether oxygens (including phenoxy) is 1. The summed E-state index contributed by atoms with van der Waals surface area (Å²) in [4.78, 5) is 13.7. The van der Waals surface area contributed by atoms with Gasteiger partial charge >= 0.3 is 0 Å². The van der Waals surface area contributed by atoms with Crippen LogP contribution in [0, 0.1) is 0 Å². The Morgan fingerprint density at radius 3 is 1.93 bits per heavy atom. The Morgan fingerprint density at radius 2 is 1.43 bits per heavy atom. The maximum Gasteiger partial charge on any atom is 0.279 e. The number of rotatable bonds is 8. The van der Waals surface area contributed by atoms with Crippen molar-refractivity contribution in [2.45, 2.75) is 13.0 Å². The lowest BCUT2D eigenvalue weighted by molar-refractivity contribution is -0.897. The number of anilines is 1. The van der Waals surface area contributed by atoms with Crippen molar-refractivity contribution in [2.75, 3.05) is 25.5 Å². The lowest BCUT2D eigenvalue weighted by Gasteiger charge is -2.25. The van der Waals surface area contributed by atoms with Crippen LogP contribution in [0.2, 0.25) is 0 Å². The van der Waals surface area contributed by atoms with Gasteiger partial charge in [0.15, 0.2) is 6.54 Å². The van der Waals surface area contributed by atoms with Crippen molar-refractivity contribution in [1.29, 1.82) is 0 Å². The molecule has 0 aliphatic rings. The van der Waals surface area contributed by atoms with Crippen molar-refractivity contribution in [1.82, 2.24) is 0 Å². The molecule has 3 rings (SSSR count). The van der Waals surface area contributed by atoms with E-state index >= 15 is 0 Å². The monoisotopic (exact) mass is 375 g/mol. The molecule has 3 aromatic carbocycles. The van der Waals surface area contributed by atoms with Gasteiger partial charge in [-0.3, -0.25) is 4.79 Å². The topological polar surface area (TPSA) is 42.8 Å². The molecule has 0 fully saturated rings. The highest BCUT2D eigenvalue weighted by Crippen LogP contribution is 2.19. The number of nitrogens with one attached hydrogen (secondary N) is 2. The highest BCUT2D eigenvalue weighted by atomic mass is 16.5. The summed E-state index contributed by atoms with van der Waals surface area (Å²) in [6, 6.07) is 28.2. The minimum absolute atomic E-state index is 0.0153. The van der Waals surface area contributed by atoms with E-state index in [1.54, 1.807) is 0 Å². The summed E-state index contributed by atoms with van der Waals surface area (Å²) in [5.74, 6) is 0.787. The number of carbonyl (C=O) groups is 1. The van der Waals surface area contributed by atoms with Gasteiger partial charge in [0.1, 0.15) is 11.8 Å². The third-order valence-corrected chi connectivity index (χ3v) is 4.65. The van der Waals surface area contributed by atoms with E-state index < -0.39 is 0 Å². The highest BCUT2D eigenvalue weighted by molar-refractivity contribution is 5.91. The molecular weight excluding hydrogens is 348 g/mol. The summed E-state index contributed by atoms with van der Waals surface area (Å²) in [6.45, 7) is 2.94. The fourth-order valence-electron chi connectivity index (χ4n) is 3.41. The molecule has 3 aromatic rings. The Labute approximate surface area is 166 Å². The fraction of sp³-hybridized carbons (Fsp3) is 0.208. The number of carbonyl (C=O) groups excluding carboxylic acids is 1. The van der Waals surface area contributed by atoms with Crippen molar-refractivity contribution in [3.8, 4) is 5.75 Å². The van der Waals surface area contributed by atoms with Crippen LogP contribution < -0.4 is 15.0 Å². The van der Waals surface area contributed by atoms with Gasteiger partial charge in [-0.15, -0.1) is 0 Å². The predicted octanol–water partition coefficient (Wildman–Crippen LogP) is 3.33. The van der Waals surface area contributed by atoms with Crippen LogP contribution in [0.5, 0.6) is 5.75 Å². The van der Waals surface area contributed by atoms with Crippen molar-refractivity contribution in [3.05, 3.63) is 96.1 Å². The van der Waals surface area contributed by atoms with E-state index in [1.165, 1.54) is 11.1 Å². The number of amides is 1. The Balaban J connectivity index is 1.71. The lowest BCUT2D eigenvalue weighted by Crippen LogP contribution is -3.10. The smallest absolute Gasteiger partial charge is 0.279 e. The molecule has 1 unspecified atom stereocenters. The third-order valence-electron chi connectivity index (χ3n) is 4.65. The average molecular weight is 375 g/mol. The predicted molar refractivity (Wildman–Crippen MR) is 113 cm³/mol. The van der Waals surface area contributed by atoms with E-state index in [2.05, 4.69) is 36.6 Å². The van der Waals surface area contributed by atoms with Crippen LogP contribution in [0.3, 0.4) is 0 Å². The molecule has 1 amide bonds. The summed E-state index contributed by atoms with van der Waals surface area (Å²) in [6.07, 6.45) is 0. The van der Waals surface area contributed by atoms with Crippen molar-refractivity contribution in [2.24, 2.45) is 0 Å². The first-order chi connectivity index (χ1) is 13.7. The minimum atomic E-state index is -0.0153. The maximum atomic E-state index is 12.6. The van der Waals surface area contributed by atoms with E-state index in [1.807, 2.05) is 67.6 Å². The Hall–Kier alpha value is -3.11. The second-order valence-electron chi connectivity index (χ2n) is 6.78. The zero-order valence-corrected chi connectivity index (χ0v) is 16.4. The number of benzene rings is 3. The molecule has 0 spiro atoms. The molecule has 0 aromatic heterocycles. The molecule has 0 aliphatic heterocycles. The van der Waals surface area contributed by atoms with Gasteiger partial charge in [0.2, 0.25) is 0 Å². The first-order valence-corrected chi connectivity index (χ1v) is 9.62. The van der Waals surface area contributed by atoms with Gasteiger partial charge < -0.3 is 15.0 Å². The number of quaternary nitrogens is 1. The van der Waals surface area contributed by atoms with Crippen LogP contribution in [0.4, 0.5) is 5.69 Å². The van der Waals surface area contributed by atoms with E-state index in [4.69, 9.17) is 4.74 Å². The Bertz CT molecular complexity index is 825. The second-order valence-corrected chi connectivity index (χ2v) is 6.78. The Kier molecular flexibility index (Phi) is 6.82. The average Bonchev–Trinajstić information content (AvgIpc) is 2.71. The fourth-order valence-corrected chi connectivity index (χ4v) is 3.41. The molecule has 4 nitrogen and oxygen atoms in total. The number of hydrogen-bond acceptors (Lipinski definition) is 2. The molecule has 4 heteroatoms. The van der Waals surface area contributed by atoms with E-state index in [9.17, 15) is 4.79 Å². The summed E-state index contributed by atoms with van der Waals surface area (Å²) in [5.41, 5.74) is 3.16. The number of likely N-dealkylation sites (N-methyl/N-ethyl adjacent to an activating group) is 1. The zero-order chi connectivity index (χ0) is 19.8. The van der Waals surface area contributed by atoms with Crippen LogP contribution in [0.15, 0.2) is 84.9 Å². The second kappa shape index (κ2) is 9.72. The molecule has 0 heterocycles. The molecule has 0 aliphatic carbocycles. The molecule has 144 valence electrons. The SMILES string of the molecule is CCOc1ccc(NC(=O)C[NH+](C)C(c2ccccc2)c2ccccc2)cc1. The molecule has 0 saturated heterocycles. The molecule has 0 bridgehead atoms. The standard InChI is InChI=1S/C24H26N2O2/c1-3-28-22-16-14-21(15-17-22)25-23(27)18-26(2)24(19-10-6-4-7-11-19)20-12-8-5-9-13-20/h4-17,24H,3,18H2,1-2H3,(H,25,27)/p+1. The summed E-state index contributed by atoms with van der Waals surface area (Å²) in [7, 11) is 2.06. The van der Waals surface area contributed by atoms with Crippen molar-refractivity contribution >= 4 is 11.6 Å². The van der Waals surface area contributed by atoms with Gasteiger partial charge in [0.05, 0.1) is 13.7 Å². The van der Waals surface area contributed by atoms with Crippen molar-refractivity contribution in [3.63, 3.8) is 0 Å². The molecule has 0 saturated carbocycles. The van der Waals surface area contributed by atoms with Gasteiger partial charge in [0, 0.05) is 16.8 Å². The summed E-state index contributed by atoms with van der Waals surface area (Å²) < 4.78 is 5.44. The van der Waals surface area contributed by atoms with Crippen LogP contribution >= 0.6 is 0 Å². The van der Waals surface area contributed by atoms with Gasteiger partial charge in [-0.1, -0.05) is 60.7 Å². The van der Waals surface area contributed by atoms with Crippen LogP contribution in [0.25, 0.3) is 0 Å². The van der Waals surface area contributed by atoms with E-state index in [-0.39, 0.29) is 11.9 Å². The van der Waals surface area contributed by atoms with Gasteiger partial charge in [0.25, 0.3) is 5.91 Å². The quantitative estimate of drug-likeness (QED) is 0.634. The van der Waals surface area contributed by atoms with E-state index in [0.717, 1.165) is 16.3 Å². The lowest BCUT2D eigenvalue weighted by atomic mass is 9.97. The first-order valence-electron chi connectivity index (χ1n) is 9.62. The normalized spacial score (nSPS) is 11.8. The molecule has 2 N–H and O–H groups in total. The van der Waals surface area contributed by atoms with Gasteiger partial charge in [-0.05, 0) is 31.2 Å². The first kappa shape index (κ1) is 19.6. The van der Waals surface area contributed by atoms with Gasteiger partial charge in [-0.2, -0.15) is 0 Å². The summed E-state index contributed by atoms with van der Waals surface area (Å²) >= 11 is 0. The molecule has 0 radical (unpaired) electrons. The molecular formula is C24H27N2O2+. The molecule has 28 heavy (non-hydrogen) atoms. The largest absolute Gasteiger partial charge is 0.494 e. The van der Waals surface area contributed by atoms with Crippen LogP contribution in [-0.4, -0.2) is 26.1 Å². The highest BCUT2D eigenvalue weighted by Gasteiger charge is 2.24.